The van der Waals surface area contributed by atoms with Crippen LogP contribution in [0.2, 0.25) is 0 Å². The topological polar surface area (TPSA) is 68.7 Å². The van der Waals surface area contributed by atoms with Crippen LogP contribution < -0.4 is 0 Å². The van der Waals surface area contributed by atoms with E-state index in [4.69, 9.17) is 15.5 Å². The van der Waals surface area contributed by atoms with E-state index < -0.39 is 0 Å². The third-order valence-electron chi connectivity index (χ3n) is 4.36. The summed E-state index contributed by atoms with van der Waals surface area (Å²) in [7, 11) is 0. The number of rotatable bonds is 1. The molecule has 1 aliphatic heterocycles. The minimum Gasteiger partial charge on any atom is -0.410 e. The van der Waals surface area contributed by atoms with Crippen molar-refractivity contribution < 1.29 is 5.21 Å². The first-order valence-electron chi connectivity index (χ1n) is 7.09. The van der Waals surface area contributed by atoms with Crippen LogP contribution in [-0.4, -0.2) is 22.2 Å². The number of nitriles is 1. The number of oxime groups is 1. The molecule has 0 unspecified atom stereocenters. The van der Waals surface area contributed by atoms with E-state index in [9.17, 15) is 0 Å². The van der Waals surface area contributed by atoms with Gasteiger partial charge in [0.15, 0.2) is 0 Å². The summed E-state index contributed by atoms with van der Waals surface area (Å²) in [6.45, 7) is 0. The zero-order valence-electron chi connectivity index (χ0n) is 11.3. The van der Waals surface area contributed by atoms with Gasteiger partial charge < -0.3 is 5.21 Å². The Morgan fingerprint density at radius 2 is 2.00 bits per heavy atom. The third-order valence-corrected chi connectivity index (χ3v) is 4.36. The smallest absolute Gasteiger partial charge is 0.205 e. The summed E-state index contributed by atoms with van der Waals surface area (Å²) in [5.74, 6) is 0. The van der Waals surface area contributed by atoms with E-state index in [1.165, 1.54) is 24.8 Å². The van der Waals surface area contributed by atoms with Crippen LogP contribution in [0.1, 0.15) is 43.2 Å². The average molecular weight is 267 g/mol. The first-order valence-corrected chi connectivity index (χ1v) is 7.09. The molecule has 20 heavy (non-hydrogen) atoms. The Hall–Kier alpha value is -2.15. The molecular weight excluding hydrogens is 250 g/mol. The minimum atomic E-state index is -0.102. The Bertz CT molecular complexity index is 619. The maximum atomic E-state index is 9.17. The number of nitrogens with zero attached hydrogens (tertiary/aromatic N) is 3. The summed E-state index contributed by atoms with van der Waals surface area (Å²) in [5, 5.41) is 21.4. The highest BCUT2D eigenvalue weighted by Crippen LogP contribution is 2.38. The van der Waals surface area contributed by atoms with Gasteiger partial charge in [-0.2, -0.15) is 5.26 Å². The van der Waals surface area contributed by atoms with Gasteiger partial charge in [0.2, 0.25) is 5.71 Å². The maximum absolute atomic E-state index is 9.17. The quantitative estimate of drug-likeness (QED) is 0.482. The standard InChI is InChI=1S/C16H17N3O/c17-11-14(19-20)15-13-7-3-2-6-12(13)10-16(18-15)8-4-1-5-9-16/h2-3,6-7,20H,1,4-5,8-10H2/b19-14-. The zero-order valence-corrected chi connectivity index (χ0v) is 11.3. The lowest BCUT2D eigenvalue weighted by Crippen LogP contribution is -2.38. The van der Waals surface area contributed by atoms with Crippen LogP contribution in [-0.2, 0) is 6.42 Å². The van der Waals surface area contributed by atoms with E-state index >= 15 is 0 Å². The highest BCUT2D eigenvalue weighted by atomic mass is 16.4. The van der Waals surface area contributed by atoms with Gasteiger partial charge >= 0.3 is 0 Å². The Kier molecular flexibility index (Phi) is 3.27. The molecule has 0 amide bonds. The molecule has 102 valence electrons. The van der Waals surface area contributed by atoms with Crippen LogP contribution in [0, 0.1) is 11.3 Å². The van der Waals surface area contributed by atoms with Crippen molar-refractivity contribution in [3.8, 4) is 6.07 Å². The molecule has 4 heteroatoms. The van der Waals surface area contributed by atoms with Crippen molar-refractivity contribution in [3.05, 3.63) is 35.4 Å². The molecule has 0 bridgehead atoms. The minimum absolute atomic E-state index is 0.0158. The molecule has 2 aliphatic rings. The molecule has 0 atom stereocenters. The van der Waals surface area contributed by atoms with Gasteiger partial charge in [0.1, 0.15) is 11.8 Å². The SMILES string of the molecule is N#C/C(=N/O)C1=NC2(CCCCC2)Cc2ccccc21. The second-order valence-electron chi connectivity index (χ2n) is 5.64. The predicted molar refractivity (Wildman–Crippen MR) is 77.3 cm³/mol. The Labute approximate surface area is 118 Å². The van der Waals surface area contributed by atoms with Gasteiger partial charge in [-0.15, -0.1) is 0 Å². The Balaban J connectivity index is 2.13. The number of hydrogen-bond donors (Lipinski definition) is 1. The number of hydrogen-bond acceptors (Lipinski definition) is 4. The predicted octanol–water partition coefficient (Wildman–Crippen LogP) is 3.09. The molecule has 1 fully saturated rings. The normalized spacial score (nSPS) is 20.9. The number of fused-ring (bicyclic) bond motifs is 1. The molecule has 3 rings (SSSR count). The number of aliphatic imine (C=N–C) groups is 1. The second kappa shape index (κ2) is 5.09. The molecule has 0 aromatic heterocycles. The molecule has 1 heterocycles. The van der Waals surface area contributed by atoms with E-state index in [2.05, 4.69) is 11.2 Å². The van der Waals surface area contributed by atoms with Gasteiger partial charge in [0.05, 0.1) is 5.54 Å². The van der Waals surface area contributed by atoms with Crippen molar-refractivity contribution in [2.45, 2.75) is 44.1 Å². The lowest BCUT2D eigenvalue weighted by Gasteiger charge is -2.38. The first kappa shape index (κ1) is 12.9. The van der Waals surface area contributed by atoms with Gasteiger partial charge in [-0.1, -0.05) is 48.7 Å². The third kappa shape index (κ3) is 2.09. The van der Waals surface area contributed by atoms with E-state index in [0.717, 1.165) is 24.8 Å². The summed E-state index contributed by atoms with van der Waals surface area (Å²) in [6, 6.07) is 9.94. The molecular formula is C16H17N3O. The first-order chi connectivity index (χ1) is 9.78. The molecule has 0 saturated heterocycles. The maximum Gasteiger partial charge on any atom is 0.205 e. The average Bonchev–Trinajstić information content (AvgIpc) is 2.49. The summed E-state index contributed by atoms with van der Waals surface area (Å²) in [5.41, 5.74) is 2.60. The van der Waals surface area contributed by atoms with Gasteiger partial charge in [-0.25, -0.2) is 0 Å². The van der Waals surface area contributed by atoms with Crippen molar-refractivity contribution in [1.82, 2.24) is 0 Å². The van der Waals surface area contributed by atoms with E-state index in [0.29, 0.717) is 5.71 Å². The monoisotopic (exact) mass is 267 g/mol. The van der Waals surface area contributed by atoms with E-state index in [-0.39, 0.29) is 11.3 Å². The van der Waals surface area contributed by atoms with E-state index in [1.54, 1.807) is 0 Å². The highest BCUT2D eigenvalue weighted by Gasteiger charge is 2.37. The molecule has 1 aromatic rings. The zero-order chi connectivity index (χ0) is 14.0. The van der Waals surface area contributed by atoms with Gasteiger partial charge in [0.25, 0.3) is 0 Å². The lowest BCUT2D eigenvalue weighted by molar-refractivity contribution is 0.294. The van der Waals surface area contributed by atoms with Crippen molar-refractivity contribution in [2.24, 2.45) is 10.1 Å². The summed E-state index contributed by atoms with van der Waals surface area (Å²) >= 11 is 0. The molecule has 1 N–H and O–H groups in total. The fourth-order valence-corrected chi connectivity index (χ4v) is 3.40. The van der Waals surface area contributed by atoms with Gasteiger partial charge in [-0.3, -0.25) is 4.99 Å². The summed E-state index contributed by atoms with van der Waals surface area (Å²) < 4.78 is 0. The van der Waals surface area contributed by atoms with E-state index in [1.807, 2.05) is 24.3 Å². The van der Waals surface area contributed by atoms with Crippen molar-refractivity contribution in [1.29, 1.82) is 5.26 Å². The molecule has 4 nitrogen and oxygen atoms in total. The Morgan fingerprint density at radius 1 is 1.25 bits per heavy atom. The van der Waals surface area contributed by atoms with Crippen LogP contribution in [0.4, 0.5) is 0 Å². The van der Waals surface area contributed by atoms with Gasteiger partial charge in [0, 0.05) is 5.56 Å². The largest absolute Gasteiger partial charge is 0.410 e. The van der Waals surface area contributed by atoms with Gasteiger partial charge in [-0.05, 0) is 24.8 Å². The van der Waals surface area contributed by atoms with Crippen molar-refractivity contribution in [2.75, 3.05) is 0 Å². The molecule has 1 aromatic carbocycles. The highest BCUT2D eigenvalue weighted by molar-refractivity contribution is 6.53. The van der Waals surface area contributed by atoms with Crippen LogP contribution >= 0.6 is 0 Å². The van der Waals surface area contributed by atoms with Crippen molar-refractivity contribution >= 4 is 11.4 Å². The second-order valence-corrected chi connectivity index (χ2v) is 5.64. The lowest BCUT2D eigenvalue weighted by atomic mass is 9.74. The molecule has 1 spiro atoms. The van der Waals surface area contributed by atoms with Crippen LogP contribution in [0.3, 0.4) is 0 Å². The molecule has 0 radical (unpaired) electrons. The van der Waals surface area contributed by atoms with Crippen LogP contribution in [0.25, 0.3) is 0 Å². The van der Waals surface area contributed by atoms with Crippen LogP contribution in [0.15, 0.2) is 34.4 Å². The summed E-state index contributed by atoms with van der Waals surface area (Å²) in [4.78, 5) is 4.86. The van der Waals surface area contributed by atoms with Crippen molar-refractivity contribution in [3.63, 3.8) is 0 Å². The molecule has 1 saturated carbocycles. The Morgan fingerprint density at radius 3 is 2.70 bits per heavy atom. The van der Waals surface area contributed by atoms with Crippen LogP contribution in [0.5, 0.6) is 0 Å². The number of benzene rings is 1. The fraction of sp³-hybridized carbons (Fsp3) is 0.438. The molecule has 1 aliphatic carbocycles. The summed E-state index contributed by atoms with van der Waals surface area (Å²) in [6.07, 6.45) is 6.64. The fourth-order valence-electron chi connectivity index (χ4n) is 3.40.